The third kappa shape index (κ3) is 4.05. The summed E-state index contributed by atoms with van der Waals surface area (Å²) >= 11 is 1.67. The Labute approximate surface area is 230 Å². The van der Waals surface area contributed by atoms with E-state index in [0.717, 1.165) is 69.7 Å². The second kappa shape index (κ2) is 9.01. The molecule has 9 heteroatoms. The minimum atomic E-state index is -0.791. The number of phenolic OH excluding ortho intramolecular Hbond substituents is 1. The second-order valence-corrected chi connectivity index (χ2v) is 12.8. The lowest BCUT2D eigenvalue weighted by molar-refractivity contribution is 0.107. The molecule has 2 unspecified atom stereocenters. The minimum absolute atomic E-state index is 0.244. The van der Waals surface area contributed by atoms with Gasteiger partial charge in [0.1, 0.15) is 18.5 Å². The number of phenols is 1. The van der Waals surface area contributed by atoms with Crippen molar-refractivity contribution in [1.82, 2.24) is 20.2 Å². The molecular formula is C30H32FN5O2S. The summed E-state index contributed by atoms with van der Waals surface area (Å²) in [7, 11) is 0. The van der Waals surface area contributed by atoms with Crippen LogP contribution in [0, 0.1) is 0 Å². The molecule has 39 heavy (non-hydrogen) atoms. The summed E-state index contributed by atoms with van der Waals surface area (Å²) in [6.07, 6.45) is 4.14. The van der Waals surface area contributed by atoms with Gasteiger partial charge >= 0.3 is 6.01 Å². The van der Waals surface area contributed by atoms with E-state index in [1.54, 1.807) is 17.4 Å². The number of aromatic nitrogens is 2. The molecule has 0 aliphatic carbocycles. The van der Waals surface area contributed by atoms with Gasteiger partial charge in [0.25, 0.3) is 0 Å². The molecule has 4 atom stereocenters. The molecule has 0 radical (unpaired) electrons. The normalized spacial score (nSPS) is 28.5. The van der Waals surface area contributed by atoms with E-state index in [-0.39, 0.29) is 11.3 Å². The number of anilines is 1. The first-order valence-corrected chi connectivity index (χ1v) is 14.9. The quantitative estimate of drug-likeness (QED) is 0.361. The van der Waals surface area contributed by atoms with E-state index in [2.05, 4.69) is 27.2 Å². The number of nitrogens with one attached hydrogen (secondary N) is 1. The molecule has 2 aromatic heterocycles. The van der Waals surface area contributed by atoms with Crippen molar-refractivity contribution in [2.75, 3.05) is 37.7 Å². The maximum atomic E-state index is 14.4. The number of aromatic hydroxyl groups is 1. The van der Waals surface area contributed by atoms with Crippen LogP contribution in [-0.2, 0) is 0 Å². The zero-order valence-corrected chi connectivity index (χ0v) is 22.6. The van der Waals surface area contributed by atoms with Crippen LogP contribution in [0.4, 0.5) is 10.2 Å². The fraction of sp³-hybridized carbons (Fsp3) is 0.467. The van der Waals surface area contributed by atoms with E-state index in [4.69, 9.17) is 14.7 Å². The van der Waals surface area contributed by atoms with Gasteiger partial charge in [-0.2, -0.15) is 9.97 Å². The standard InChI is InChI=1S/C30H32FN5O2S/c31-19-13-30(8-3-9-36(30)14-19)17-38-29-33-25-12-26(24-11-22(37)10-18-4-1-2-5-23(18)24)39-27(25)28(34-29)35-15-20-6-7-21(16-35)32-20/h1-2,4-5,10-12,19-21,32,37H,3,6-9,13-17H2/t19-,20?,21?,30+/m1/s1. The molecule has 7 nitrogen and oxygen atoms in total. The van der Waals surface area contributed by atoms with Crippen molar-refractivity contribution in [3.05, 3.63) is 42.5 Å². The topological polar surface area (TPSA) is 73.8 Å². The van der Waals surface area contributed by atoms with E-state index in [1.165, 1.54) is 12.8 Å². The van der Waals surface area contributed by atoms with Crippen LogP contribution < -0.4 is 15.0 Å². The van der Waals surface area contributed by atoms with Crippen LogP contribution in [0.2, 0.25) is 0 Å². The molecule has 2 aromatic carbocycles. The molecule has 202 valence electrons. The fourth-order valence-electron chi connectivity index (χ4n) is 7.42. The van der Waals surface area contributed by atoms with Crippen LogP contribution in [-0.4, -0.2) is 76.6 Å². The van der Waals surface area contributed by atoms with E-state index in [1.807, 2.05) is 24.3 Å². The summed E-state index contributed by atoms with van der Waals surface area (Å²) in [6.45, 7) is 3.67. The summed E-state index contributed by atoms with van der Waals surface area (Å²) in [4.78, 5) is 15.6. The van der Waals surface area contributed by atoms with Crippen molar-refractivity contribution < 1.29 is 14.2 Å². The van der Waals surface area contributed by atoms with Crippen molar-refractivity contribution in [3.63, 3.8) is 0 Å². The van der Waals surface area contributed by atoms with Gasteiger partial charge in [0.15, 0.2) is 5.82 Å². The number of halogens is 1. The van der Waals surface area contributed by atoms with Crippen LogP contribution in [0.25, 0.3) is 31.4 Å². The molecule has 8 rings (SSSR count). The van der Waals surface area contributed by atoms with Crippen LogP contribution in [0.15, 0.2) is 42.5 Å². The Balaban J connectivity index is 1.21. The summed E-state index contributed by atoms with van der Waals surface area (Å²) < 4.78 is 21.7. The lowest BCUT2D eigenvalue weighted by Crippen LogP contribution is -2.51. The van der Waals surface area contributed by atoms with Crippen LogP contribution in [0.5, 0.6) is 11.8 Å². The average Bonchev–Trinajstić information content (AvgIpc) is 3.68. The van der Waals surface area contributed by atoms with Crippen LogP contribution >= 0.6 is 11.3 Å². The molecule has 2 N–H and O–H groups in total. The number of thiophene rings is 1. The molecule has 4 aliphatic heterocycles. The molecule has 0 saturated carbocycles. The van der Waals surface area contributed by atoms with Crippen LogP contribution in [0.1, 0.15) is 32.1 Å². The van der Waals surface area contributed by atoms with Gasteiger partial charge in [-0.05, 0) is 61.2 Å². The number of benzene rings is 2. The van der Waals surface area contributed by atoms with Crippen molar-refractivity contribution >= 4 is 38.1 Å². The van der Waals surface area contributed by atoms with E-state index in [0.29, 0.717) is 37.7 Å². The molecule has 0 amide bonds. The zero-order valence-electron chi connectivity index (χ0n) is 21.8. The molecule has 6 heterocycles. The molecule has 4 saturated heterocycles. The summed E-state index contributed by atoms with van der Waals surface area (Å²) in [6, 6.07) is 15.2. The average molecular weight is 546 g/mol. The maximum Gasteiger partial charge on any atom is 0.319 e. The first kappa shape index (κ1) is 23.8. The first-order valence-electron chi connectivity index (χ1n) is 14.1. The highest BCUT2D eigenvalue weighted by Gasteiger charge is 2.49. The Bertz CT molecular complexity index is 1570. The third-order valence-corrected chi connectivity index (χ3v) is 10.3. The van der Waals surface area contributed by atoms with E-state index in [9.17, 15) is 9.50 Å². The van der Waals surface area contributed by atoms with Crippen LogP contribution in [0.3, 0.4) is 0 Å². The predicted octanol–water partition coefficient (Wildman–Crippen LogP) is 5.11. The Kier molecular flexibility index (Phi) is 5.51. The van der Waals surface area contributed by atoms with Gasteiger partial charge in [0.05, 0.1) is 15.8 Å². The number of rotatable bonds is 5. The number of hydrogen-bond donors (Lipinski definition) is 2. The van der Waals surface area contributed by atoms with E-state index < -0.39 is 6.17 Å². The third-order valence-electron chi connectivity index (χ3n) is 9.19. The Hall–Kier alpha value is -3.01. The summed E-state index contributed by atoms with van der Waals surface area (Å²) in [5.74, 6) is 1.17. The van der Waals surface area contributed by atoms with Gasteiger partial charge in [-0.3, -0.25) is 4.90 Å². The van der Waals surface area contributed by atoms with Gasteiger partial charge in [-0.1, -0.05) is 24.3 Å². The van der Waals surface area contributed by atoms with Gasteiger partial charge < -0.3 is 20.1 Å². The lowest BCUT2D eigenvalue weighted by Gasteiger charge is -2.34. The van der Waals surface area contributed by atoms with Gasteiger partial charge in [0.2, 0.25) is 0 Å². The number of hydrogen-bond acceptors (Lipinski definition) is 8. The van der Waals surface area contributed by atoms with Gasteiger partial charge in [0, 0.05) is 48.6 Å². The number of ether oxygens (including phenoxy) is 1. The highest BCUT2D eigenvalue weighted by atomic mass is 32.1. The largest absolute Gasteiger partial charge is 0.508 e. The molecule has 0 spiro atoms. The smallest absolute Gasteiger partial charge is 0.319 e. The van der Waals surface area contributed by atoms with Crippen molar-refractivity contribution in [2.45, 2.75) is 55.9 Å². The Morgan fingerprint density at radius 1 is 1.10 bits per heavy atom. The molecule has 4 fully saturated rings. The van der Waals surface area contributed by atoms with Gasteiger partial charge in [-0.25, -0.2) is 4.39 Å². The van der Waals surface area contributed by atoms with E-state index >= 15 is 0 Å². The number of piperazine rings is 1. The highest BCUT2D eigenvalue weighted by Crippen LogP contribution is 2.44. The monoisotopic (exact) mass is 545 g/mol. The number of fused-ring (bicyclic) bond motifs is 5. The first-order chi connectivity index (χ1) is 19.0. The molecule has 2 bridgehead atoms. The minimum Gasteiger partial charge on any atom is -0.508 e. The Morgan fingerprint density at radius 3 is 2.82 bits per heavy atom. The van der Waals surface area contributed by atoms with Gasteiger partial charge in [-0.15, -0.1) is 11.3 Å². The molecule has 4 aromatic rings. The number of nitrogens with zero attached hydrogens (tertiary/aromatic N) is 4. The predicted molar refractivity (Wildman–Crippen MR) is 153 cm³/mol. The van der Waals surface area contributed by atoms with Crippen molar-refractivity contribution in [1.29, 1.82) is 0 Å². The Morgan fingerprint density at radius 2 is 1.95 bits per heavy atom. The molecule has 4 aliphatic rings. The number of alkyl halides is 1. The van der Waals surface area contributed by atoms with Crippen molar-refractivity contribution in [2.24, 2.45) is 0 Å². The second-order valence-electron chi connectivity index (χ2n) is 11.8. The summed E-state index contributed by atoms with van der Waals surface area (Å²) in [5, 5.41) is 16.3. The highest BCUT2D eigenvalue weighted by molar-refractivity contribution is 7.22. The SMILES string of the molecule is Oc1cc(-c2cc3nc(OC[C@@]45CCCN4C[C@H](F)C5)nc(N4CC5CCC(C4)N5)c3s2)c2ccccc2c1. The maximum absolute atomic E-state index is 14.4. The van der Waals surface area contributed by atoms with Crippen molar-refractivity contribution in [3.8, 4) is 22.2 Å². The lowest BCUT2D eigenvalue weighted by atomic mass is 9.95. The zero-order chi connectivity index (χ0) is 26.1. The summed E-state index contributed by atoms with van der Waals surface area (Å²) in [5.41, 5.74) is 1.60. The molecular weight excluding hydrogens is 513 g/mol. The fourth-order valence-corrected chi connectivity index (χ4v) is 8.57.